The summed E-state index contributed by atoms with van der Waals surface area (Å²) in [7, 11) is 1.73. The van der Waals surface area contributed by atoms with Crippen molar-refractivity contribution in [2.45, 2.75) is 6.92 Å². The Morgan fingerprint density at radius 1 is 0.658 bits per heavy atom. The molecule has 192 valence electrons. The van der Waals surface area contributed by atoms with Crippen LogP contribution in [0.4, 0.5) is 22.7 Å². The molecule has 0 bridgehead atoms. The van der Waals surface area contributed by atoms with Crippen LogP contribution in [0.5, 0.6) is 0 Å². The van der Waals surface area contributed by atoms with Gasteiger partial charge in [-0.25, -0.2) is 0 Å². The Bertz CT molecular complexity index is 1410. The maximum atomic E-state index is 13.1. The second-order valence-electron chi connectivity index (χ2n) is 8.65. The maximum absolute atomic E-state index is 13.1. The van der Waals surface area contributed by atoms with E-state index < -0.39 is 0 Å². The standard InChI is InChI=1S/C31H30N4O3/c1-3-35(28-18-8-5-9-19-28)31(38)24-13-11-15-26(21-24)33-29(36)22-32-25-14-10-12-23(20-25)30(37)34(2)27-16-6-4-7-17-27/h4-21,32H,3,22H2,1-2H3,(H,33,36). The van der Waals surface area contributed by atoms with Crippen molar-refractivity contribution in [1.82, 2.24) is 0 Å². The molecule has 2 N–H and O–H groups in total. The Hall–Kier alpha value is -4.91. The lowest BCUT2D eigenvalue weighted by Crippen LogP contribution is -2.30. The van der Waals surface area contributed by atoms with Gasteiger partial charge in [0.25, 0.3) is 11.8 Å². The summed E-state index contributed by atoms with van der Waals surface area (Å²) >= 11 is 0. The van der Waals surface area contributed by atoms with E-state index in [0.29, 0.717) is 29.0 Å². The summed E-state index contributed by atoms with van der Waals surface area (Å²) < 4.78 is 0. The first-order chi connectivity index (χ1) is 18.5. The molecule has 4 aromatic rings. The van der Waals surface area contributed by atoms with E-state index in [1.54, 1.807) is 65.4 Å². The number of rotatable bonds is 9. The van der Waals surface area contributed by atoms with Gasteiger partial charge in [0.1, 0.15) is 0 Å². The molecule has 0 saturated heterocycles. The largest absolute Gasteiger partial charge is 0.376 e. The number of para-hydroxylation sites is 2. The minimum atomic E-state index is -0.275. The molecular weight excluding hydrogens is 476 g/mol. The van der Waals surface area contributed by atoms with Gasteiger partial charge in [-0.15, -0.1) is 0 Å². The number of nitrogens with one attached hydrogen (secondary N) is 2. The molecule has 0 aliphatic carbocycles. The summed E-state index contributed by atoms with van der Waals surface area (Å²) in [5.74, 6) is -0.569. The predicted octanol–water partition coefficient (Wildman–Crippen LogP) is 5.68. The number of hydrogen-bond acceptors (Lipinski definition) is 4. The highest BCUT2D eigenvalue weighted by Gasteiger charge is 2.17. The quantitative estimate of drug-likeness (QED) is 0.306. The summed E-state index contributed by atoms with van der Waals surface area (Å²) in [6.07, 6.45) is 0. The fourth-order valence-corrected chi connectivity index (χ4v) is 4.05. The number of hydrogen-bond donors (Lipinski definition) is 2. The predicted molar refractivity (Wildman–Crippen MR) is 153 cm³/mol. The van der Waals surface area contributed by atoms with Crippen LogP contribution in [-0.2, 0) is 4.79 Å². The molecule has 4 aromatic carbocycles. The fourth-order valence-electron chi connectivity index (χ4n) is 4.05. The van der Waals surface area contributed by atoms with Gasteiger partial charge in [0.2, 0.25) is 5.91 Å². The molecule has 0 saturated carbocycles. The third-order valence-electron chi connectivity index (χ3n) is 6.03. The molecular formula is C31H30N4O3. The van der Waals surface area contributed by atoms with Gasteiger partial charge in [0, 0.05) is 47.5 Å². The lowest BCUT2D eigenvalue weighted by Gasteiger charge is -2.21. The molecule has 7 heteroatoms. The Labute approximate surface area is 222 Å². The number of anilines is 4. The lowest BCUT2D eigenvalue weighted by molar-refractivity contribution is -0.114. The summed E-state index contributed by atoms with van der Waals surface area (Å²) in [5, 5.41) is 5.90. The van der Waals surface area contributed by atoms with Gasteiger partial charge in [0.05, 0.1) is 6.54 Å². The van der Waals surface area contributed by atoms with Gasteiger partial charge < -0.3 is 20.4 Å². The van der Waals surface area contributed by atoms with E-state index in [4.69, 9.17) is 0 Å². The van der Waals surface area contributed by atoms with Crippen LogP contribution in [0.25, 0.3) is 0 Å². The van der Waals surface area contributed by atoms with Gasteiger partial charge in [-0.1, -0.05) is 48.5 Å². The molecule has 0 fully saturated rings. The van der Waals surface area contributed by atoms with Crippen molar-refractivity contribution in [2.24, 2.45) is 0 Å². The zero-order chi connectivity index (χ0) is 26.9. The van der Waals surface area contributed by atoms with Gasteiger partial charge in [-0.2, -0.15) is 0 Å². The Morgan fingerprint density at radius 3 is 1.84 bits per heavy atom. The molecule has 0 aliphatic rings. The minimum Gasteiger partial charge on any atom is -0.376 e. The maximum Gasteiger partial charge on any atom is 0.258 e. The lowest BCUT2D eigenvalue weighted by atomic mass is 10.1. The average Bonchev–Trinajstić information content (AvgIpc) is 2.97. The van der Waals surface area contributed by atoms with Crippen molar-refractivity contribution < 1.29 is 14.4 Å². The SMILES string of the molecule is CCN(C(=O)c1cccc(NC(=O)CNc2cccc(C(=O)N(C)c3ccccc3)c2)c1)c1ccccc1. The van der Waals surface area contributed by atoms with Crippen LogP contribution in [0, 0.1) is 0 Å². The minimum absolute atomic E-state index is 0.00452. The van der Waals surface area contributed by atoms with Crippen molar-refractivity contribution in [2.75, 3.05) is 40.6 Å². The summed E-state index contributed by atoms with van der Waals surface area (Å²) in [5.41, 5.74) is 3.77. The Balaban J connectivity index is 1.37. The van der Waals surface area contributed by atoms with Crippen molar-refractivity contribution in [3.8, 4) is 0 Å². The first-order valence-electron chi connectivity index (χ1n) is 12.4. The molecule has 7 nitrogen and oxygen atoms in total. The second-order valence-corrected chi connectivity index (χ2v) is 8.65. The highest BCUT2D eigenvalue weighted by atomic mass is 16.2. The van der Waals surface area contributed by atoms with Crippen LogP contribution < -0.4 is 20.4 Å². The normalized spacial score (nSPS) is 10.4. The average molecular weight is 507 g/mol. The van der Waals surface area contributed by atoms with E-state index in [1.807, 2.05) is 67.6 Å². The molecule has 0 aromatic heterocycles. The molecule has 0 spiro atoms. The Morgan fingerprint density at radius 2 is 1.21 bits per heavy atom. The van der Waals surface area contributed by atoms with Crippen molar-refractivity contribution in [3.63, 3.8) is 0 Å². The second kappa shape index (κ2) is 12.4. The zero-order valence-corrected chi connectivity index (χ0v) is 21.4. The van der Waals surface area contributed by atoms with Crippen LogP contribution in [-0.4, -0.2) is 37.9 Å². The van der Waals surface area contributed by atoms with Gasteiger partial charge >= 0.3 is 0 Å². The summed E-state index contributed by atoms with van der Waals surface area (Å²) in [6.45, 7) is 2.44. The topological polar surface area (TPSA) is 81.8 Å². The Kier molecular flexibility index (Phi) is 8.51. The first-order valence-corrected chi connectivity index (χ1v) is 12.4. The molecule has 3 amide bonds. The molecule has 0 heterocycles. The van der Waals surface area contributed by atoms with Crippen LogP contribution >= 0.6 is 0 Å². The third-order valence-corrected chi connectivity index (χ3v) is 6.03. The number of nitrogens with zero attached hydrogens (tertiary/aromatic N) is 2. The van der Waals surface area contributed by atoms with Gasteiger partial charge in [0.15, 0.2) is 0 Å². The number of amides is 3. The van der Waals surface area contributed by atoms with E-state index in [2.05, 4.69) is 10.6 Å². The number of carbonyl (C=O) groups is 3. The fraction of sp³-hybridized carbons (Fsp3) is 0.129. The molecule has 0 atom stereocenters. The van der Waals surface area contributed by atoms with E-state index in [0.717, 1.165) is 11.4 Å². The summed E-state index contributed by atoms with van der Waals surface area (Å²) in [6, 6.07) is 32.8. The summed E-state index contributed by atoms with van der Waals surface area (Å²) in [4.78, 5) is 41.9. The highest BCUT2D eigenvalue weighted by molar-refractivity contribution is 6.07. The van der Waals surface area contributed by atoms with Crippen LogP contribution in [0.3, 0.4) is 0 Å². The van der Waals surface area contributed by atoms with E-state index in [-0.39, 0.29) is 24.3 Å². The van der Waals surface area contributed by atoms with Gasteiger partial charge in [-0.05, 0) is 67.6 Å². The van der Waals surface area contributed by atoms with Gasteiger partial charge in [-0.3, -0.25) is 14.4 Å². The van der Waals surface area contributed by atoms with Crippen LogP contribution in [0.2, 0.25) is 0 Å². The van der Waals surface area contributed by atoms with E-state index >= 15 is 0 Å². The molecule has 4 rings (SSSR count). The number of carbonyl (C=O) groups excluding carboxylic acids is 3. The van der Waals surface area contributed by atoms with Crippen LogP contribution in [0.1, 0.15) is 27.6 Å². The van der Waals surface area contributed by atoms with Crippen LogP contribution in [0.15, 0.2) is 109 Å². The van der Waals surface area contributed by atoms with E-state index in [9.17, 15) is 14.4 Å². The molecule has 38 heavy (non-hydrogen) atoms. The monoisotopic (exact) mass is 506 g/mol. The van der Waals surface area contributed by atoms with Crippen molar-refractivity contribution >= 4 is 40.5 Å². The van der Waals surface area contributed by atoms with Crippen molar-refractivity contribution in [1.29, 1.82) is 0 Å². The number of benzene rings is 4. The first kappa shape index (κ1) is 26.2. The molecule has 0 aliphatic heterocycles. The highest BCUT2D eigenvalue weighted by Crippen LogP contribution is 2.20. The third kappa shape index (κ3) is 6.44. The molecule has 0 unspecified atom stereocenters. The van der Waals surface area contributed by atoms with E-state index in [1.165, 1.54) is 0 Å². The van der Waals surface area contributed by atoms with Crippen molar-refractivity contribution in [3.05, 3.63) is 120 Å². The molecule has 0 radical (unpaired) electrons. The smallest absolute Gasteiger partial charge is 0.258 e. The zero-order valence-electron chi connectivity index (χ0n) is 21.4.